The minimum atomic E-state index is -0.962. The smallest absolute Gasteiger partial charge is 0.312 e. The number of ether oxygens (including phenoxy) is 4. The van der Waals surface area contributed by atoms with Gasteiger partial charge in [0.15, 0.2) is 17.6 Å². The first-order valence-electron chi connectivity index (χ1n) is 9.99. The van der Waals surface area contributed by atoms with Crippen molar-refractivity contribution in [2.45, 2.75) is 33.0 Å². The van der Waals surface area contributed by atoms with Gasteiger partial charge in [-0.3, -0.25) is 9.59 Å². The molecular weight excluding hydrogens is 432 g/mol. The summed E-state index contributed by atoms with van der Waals surface area (Å²) in [6.07, 6.45) is -0.987. The molecule has 0 saturated carbocycles. The third-order valence-corrected chi connectivity index (χ3v) is 5.50. The number of aryl methyl sites for hydroxylation is 1. The molecule has 8 nitrogen and oxygen atoms in total. The lowest BCUT2D eigenvalue weighted by molar-refractivity contribution is -0.152. The Morgan fingerprint density at radius 1 is 1.16 bits per heavy atom. The second kappa shape index (κ2) is 9.69. The van der Waals surface area contributed by atoms with E-state index in [1.54, 1.807) is 23.6 Å². The number of amides is 1. The molecule has 0 bridgehead atoms. The third-order valence-electron chi connectivity index (χ3n) is 4.63. The molecule has 0 radical (unpaired) electrons. The highest BCUT2D eigenvalue weighted by Gasteiger charge is 2.20. The summed E-state index contributed by atoms with van der Waals surface area (Å²) in [6.45, 7) is 3.99. The van der Waals surface area contributed by atoms with Gasteiger partial charge in [-0.1, -0.05) is 17.7 Å². The fourth-order valence-corrected chi connectivity index (χ4v) is 3.64. The zero-order chi connectivity index (χ0) is 22.5. The molecule has 1 atom stereocenters. The van der Waals surface area contributed by atoms with Crippen LogP contribution < -0.4 is 19.5 Å². The molecular formula is C23H22N2O6S. The highest BCUT2D eigenvalue weighted by molar-refractivity contribution is 7.09. The van der Waals surface area contributed by atoms with E-state index in [1.165, 1.54) is 18.3 Å². The van der Waals surface area contributed by atoms with Crippen LogP contribution in [0, 0.1) is 6.92 Å². The number of rotatable bonds is 8. The van der Waals surface area contributed by atoms with Gasteiger partial charge in [0.05, 0.1) is 12.1 Å². The molecule has 9 heteroatoms. The monoisotopic (exact) mass is 454 g/mol. The number of nitrogens with one attached hydrogen (secondary N) is 1. The molecule has 0 saturated heterocycles. The van der Waals surface area contributed by atoms with Crippen LogP contribution in [0.5, 0.6) is 17.2 Å². The molecule has 166 valence electrons. The van der Waals surface area contributed by atoms with Gasteiger partial charge in [0, 0.05) is 17.1 Å². The van der Waals surface area contributed by atoms with Crippen LogP contribution in [-0.2, 0) is 27.4 Å². The molecule has 0 spiro atoms. The number of thiazole rings is 1. The average molecular weight is 455 g/mol. The number of aromatic nitrogens is 1. The van der Waals surface area contributed by atoms with Gasteiger partial charge in [0.25, 0.3) is 5.91 Å². The quantitative estimate of drug-likeness (QED) is 0.516. The number of fused-ring (bicyclic) bond motifs is 1. The van der Waals surface area contributed by atoms with Crippen LogP contribution in [-0.4, -0.2) is 29.8 Å². The van der Waals surface area contributed by atoms with Gasteiger partial charge in [0.1, 0.15) is 17.4 Å². The van der Waals surface area contributed by atoms with Crippen molar-refractivity contribution >= 4 is 28.9 Å². The van der Waals surface area contributed by atoms with Crippen molar-refractivity contribution in [2.24, 2.45) is 0 Å². The minimum Gasteiger partial charge on any atom is -0.486 e. The van der Waals surface area contributed by atoms with Gasteiger partial charge in [-0.05, 0) is 38.1 Å². The maximum absolute atomic E-state index is 12.4. The van der Waals surface area contributed by atoms with Gasteiger partial charge >= 0.3 is 5.97 Å². The largest absolute Gasteiger partial charge is 0.486 e. The van der Waals surface area contributed by atoms with Gasteiger partial charge < -0.3 is 24.3 Å². The number of hydrogen-bond donors (Lipinski definition) is 1. The van der Waals surface area contributed by atoms with Gasteiger partial charge in [-0.15, -0.1) is 11.3 Å². The minimum absolute atomic E-state index is 0.0251. The van der Waals surface area contributed by atoms with E-state index in [-0.39, 0.29) is 13.2 Å². The summed E-state index contributed by atoms with van der Waals surface area (Å²) in [5.41, 5.74) is 2.26. The summed E-state index contributed by atoms with van der Waals surface area (Å²) < 4.78 is 21.5. The zero-order valence-electron chi connectivity index (χ0n) is 17.6. The molecule has 4 rings (SSSR count). The average Bonchev–Trinajstić information content (AvgIpc) is 3.42. The van der Waals surface area contributed by atoms with E-state index in [4.69, 9.17) is 18.9 Å². The molecule has 1 aliphatic heterocycles. The van der Waals surface area contributed by atoms with Crippen molar-refractivity contribution in [3.05, 3.63) is 64.1 Å². The normalized spacial score (nSPS) is 12.8. The van der Waals surface area contributed by atoms with Gasteiger partial charge in [0.2, 0.25) is 6.79 Å². The summed E-state index contributed by atoms with van der Waals surface area (Å²) in [6, 6.07) is 12.8. The molecule has 3 aromatic rings. The standard InChI is InChI=1S/C23H22N2O6S/c1-14-3-6-18(7-4-14)28-11-21-24-17(12-32-21)10-22(26)31-15(2)23(27)25-16-5-8-19-20(9-16)30-13-29-19/h3-9,12,15H,10-11,13H2,1-2H3,(H,25,27)/t15-/m0/s1. The van der Waals surface area contributed by atoms with Crippen LogP contribution in [0.15, 0.2) is 47.8 Å². The van der Waals surface area contributed by atoms with E-state index in [2.05, 4.69) is 10.3 Å². The van der Waals surface area contributed by atoms with Crippen molar-refractivity contribution in [1.82, 2.24) is 4.98 Å². The highest BCUT2D eigenvalue weighted by atomic mass is 32.1. The number of carbonyl (C=O) groups excluding carboxylic acids is 2. The van der Waals surface area contributed by atoms with Crippen molar-refractivity contribution in [3.63, 3.8) is 0 Å². The van der Waals surface area contributed by atoms with Crippen LogP contribution in [0.4, 0.5) is 5.69 Å². The number of esters is 1. The van der Waals surface area contributed by atoms with E-state index in [9.17, 15) is 9.59 Å². The summed E-state index contributed by atoms with van der Waals surface area (Å²) >= 11 is 1.41. The third kappa shape index (κ3) is 5.55. The zero-order valence-corrected chi connectivity index (χ0v) is 18.4. The predicted octanol–water partition coefficient (Wildman–Crippen LogP) is 3.87. The Balaban J connectivity index is 1.24. The van der Waals surface area contributed by atoms with E-state index in [1.807, 2.05) is 31.2 Å². The maximum Gasteiger partial charge on any atom is 0.312 e. The fraction of sp³-hybridized carbons (Fsp3) is 0.261. The van der Waals surface area contributed by atoms with E-state index in [0.717, 1.165) is 16.3 Å². The molecule has 1 N–H and O–H groups in total. The first kappa shape index (κ1) is 21.6. The molecule has 2 aromatic carbocycles. The van der Waals surface area contributed by atoms with Crippen LogP contribution in [0.3, 0.4) is 0 Å². The Morgan fingerprint density at radius 2 is 1.94 bits per heavy atom. The van der Waals surface area contributed by atoms with E-state index < -0.39 is 18.0 Å². The number of carbonyl (C=O) groups is 2. The van der Waals surface area contributed by atoms with Crippen molar-refractivity contribution in [2.75, 3.05) is 12.1 Å². The Kier molecular flexibility index (Phi) is 6.55. The SMILES string of the molecule is Cc1ccc(OCc2nc(CC(=O)O[C@@H](C)C(=O)Nc3ccc4c(c3)OCO4)cs2)cc1. The lowest BCUT2D eigenvalue weighted by Crippen LogP contribution is -2.30. The lowest BCUT2D eigenvalue weighted by atomic mass is 10.2. The highest BCUT2D eigenvalue weighted by Crippen LogP contribution is 2.34. The van der Waals surface area contributed by atoms with E-state index >= 15 is 0 Å². The molecule has 0 aliphatic carbocycles. The number of nitrogens with zero attached hydrogens (tertiary/aromatic N) is 1. The lowest BCUT2D eigenvalue weighted by Gasteiger charge is -2.13. The molecule has 1 aliphatic rings. The Hall–Kier alpha value is -3.59. The second-order valence-electron chi connectivity index (χ2n) is 7.20. The molecule has 0 unspecified atom stereocenters. The second-order valence-corrected chi connectivity index (χ2v) is 8.14. The van der Waals surface area contributed by atoms with Crippen LogP contribution in [0.2, 0.25) is 0 Å². The molecule has 32 heavy (non-hydrogen) atoms. The summed E-state index contributed by atoms with van der Waals surface area (Å²) in [5.74, 6) is 0.957. The van der Waals surface area contributed by atoms with Crippen LogP contribution in [0.1, 0.15) is 23.2 Å². The Labute approximate surface area is 189 Å². The molecule has 1 aromatic heterocycles. The van der Waals surface area contributed by atoms with Crippen molar-refractivity contribution < 1.29 is 28.5 Å². The van der Waals surface area contributed by atoms with Gasteiger partial charge in [-0.25, -0.2) is 4.98 Å². The van der Waals surface area contributed by atoms with Crippen LogP contribution >= 0.6 is 11.3 Å². The molecule has 2 heterocycles. The number of anilines is 1. The Morgan fingerprint density at radius 3 is 2.75 bits per heavy atom. The topological polar surface area (TPSA) is 96.0 Å². The van der Waals surface area contributed by atoms with Crippen molar-refractivity contribution in [3.8, 4) is 17.2 Å². The summed E-state index contributed by atoms with van der Waals surface area (Å²) in [4.78, 5) is 29.0. The van der Waals surface area contributed by atoms with Gasteiger partial charge in [-0.2, -0.15) is 0 Å². The van der Waals surface area contributed by atoms with Crippen LogP contribution in [0.25, 0.3) is 0 Å². The molecule has 1 amide bonds. The predicted molar refractivity (Wildman–Crippen MR) is 118 cm³/mol. The first-order valence-corrected chi connectivity index (χ1v) is 10.9. The molecule has 0 fully saturated rings. The number of benzene rings is 2. The Bertz CT molecular complexity index is 1110. The first-order chi connectivity index (χ1) is 15.5. The van der Waals surface area contributed by atoms with E-state index in [0.29, 0.717) is 29.5 Å². The number of hydrogen-bond acceptors (Lipinski definition) is 8. The maximum atomic E-state index is 12.4. The summed E-state index contributed by atoms with van der Waals surface area (Å²) in [7, 11) is 0. The van der Waals surface area contributed by atoms with Crippen molar-refractivity contribution in [1.29, 1.82) is 0 Å². The fourth-order valence-electron chi connectivity index (χ4n) is 2.93. The summed E-state index contributed by atoms with van der Waals surface area (Å²) in [5, 5.41) is 5.23.